The Hall–Kier alpha value is -0.140. The van der Waals surface area contributed by atoms with Crippen LogP contribution in [0.1, 0.15) is 16.6 Å². The van der Waals surface area contributed by atoms with Gasteiger partial charge in [0.15, 0.2) is 5.69 Å². The van der Waals surface area contributed by atoms with Gasteiger partial charge in [0.2, 0.25) is 0 Å². The summed E-state index contributed by atoms with van der Waals surface area (Å²) in [5, 5.41) is 0.576. The number of rotatable bonds is 1. The van der Waals surface area contributed by atoms with Gasteiger partial charge in [0.05, 0.1) is 0 Å². The number of alkyl halides is 3. The number of hydrogen-bond acceptors (Lipinski definition) is 3. The van der Waals surface area contributed by atoms with E-state index < -0.39 is 11.9 Å². The van der Waals surface area contributed by atoms with Crippen LogP contribution in [0, 0.1) is 0 Å². The molecular formula is C8H8BrF3N2S. The SMILES string of the molecule is CN1CC(c2nc(C(F)(F)F)c(Br)s2)C1. The molecule has 0 aromatic carbocycles. The number of likely N-dealkylation sites (N-methyl/N-ethyl adjacent to an activating group) is 1. The second kappa shape index (κ2) is 3.71. The molecule has 2 heterocycles. The predicted octanol–water partition coefficient (Wildman–Crippen LogP) is 2.95. The Morgan fingerprint density at radius 3 is 2.47 bits per heavy atom. The third kappa shape index (κ3) is 2.19. The van der Waals surface area contributed by atoms with Crippen molar-refractivity contribution < 1.29 is 13.2 Å². The van der Waals surface area contributed by atoms with E-state index in [2.05, 4.69) is 20.9 Å². The molecule has 1 fully saturated rings. The largest absolute Gasteiger partial charge is 0.435 e. The molecule has 2 rings (SSSR count). The zero-order valence-electron chi connectivity index (χ0n) is 7.81. The number of aromatic nitrogens is 1. The van der Waals surface area contributed by atoms with Crippen molar-refractivity contribution in [2.45, 2.75) is 12.1 Å². The monoisotopic (exact) mass is 300 g/mol. The molecule has 1 aromatic heterocycles. The van der Waals surface area contributed by atoms with Crippen molar-refractivity contribution in [3.05, 3.63) is 14.5 Å². The second-order valence-corrected chi connectivity index (χ2v) is 5.94. The zero-order chi connectivity index (χ0) is 11.2. The molecule has 0 N–H and O–H groups in total. The van der Waals surface area contributed by atoms with Gasteiger partial charge in [0, 0.05) is 19.0 Å². The lowest BCUT2D eigenvalue weighted by atomic mass is 10.0. The third-order valence-corrected chi connectivity index (χ3v) is 4.15. The van der Waals surface area contributed by atoms with E-state index in [1.165, 1.54) is 0 Å². The number of halogens is 4. The first kappa shape index (κ1) is 11.3. The van der Waals surface area contributed by atoms with Crippen molar-refractivity contribution in [1.82, 2.24) is 9.88 Å². The topological polar surface area (TPSA) is 16.1 Å². The second-order valence-electron chi connectivity index (χ2n) is 3.59. The van der Waals surface area contributed by atoms with Crippen LogP contribution in [0.5, 0.6) is 0 Å². The molecule has 1 aliphatic rings. The molecule has 2 nitrogen and oxygen atoms in total. The maximum absolute atomic E-state index is 12.4. The first-order chi connectivity index (χ1) is 6.88. The van der Waals surface area contributed by atoms with Crippen LogP contribution in [-0.2, 0) is 6.18 Å². The molecule has 15 heavy (non-hydrogen) atoms. The normalized spacial score (nSPS) is 19.3. The molecular weight excluding hydrogens is 293 g/mol. The fourth-order valence-corrected chi connectivity index (χ4v) is 3.23. The summed E-state index contributed by atoms with van der Waals surface area (Å²) in [6.07, 6.45) is -4.36. The van der Waals surface area contributed by atoms with E-state index in [1.54, 1.807) is 0 Å². The standard InChI is InChI=1S/C8H8BrF3N2S/c1-14-2-4(3-14)7-13-5(6(9)15-7)8(10,11)12/h4H,2-3H2,1H3. The van der Waals surface area contributed by atoms with Gasteiger partial charge in [-0.05, 0) is 23.0 Å². The van der Waals surface area contributed by atoms with E-state index in [0.29, 0.717) is 5.01 Å². The van der Waals surface area contributed by atoms with Crippen LogP contribution >= 0.6 is 27.3 Å². The highest BCUT2D eigenvalue weighted by atomic mass is 79.9. The molecule has 1 aromatic rings. The van der Waals surface area contributed by atoms with Gasteiger partial charge in [0.25, 0.3) is 0 Å². The quantitative estimate of drug-likeness (QED) is 0.793. The molecule has 84 valence electrons. The molecule has 7 heteroatoms. The van der Waals surface area contributed by atoms with E-state index in [0.717, 1.165) is 24.4 Å². The molecule has 0 saturated carbocycles. The van der Waals surface area contributed by atoms with E-state index in [-0.39, 0.29) is 9.70 Å². The van der Waals surface area contributed by atoms with Crippen LogP contribution < -0.4 is 0 Å². The van der Waals surface area contributed by atoms with Crippen molar-refractivity contribution in [3.8, 4) is 0 Å². The maximum Gasteiger partial charge on any atom is 0.435 e. The van der Waals surface area contributed by atoms with Crippen molar-refractivity contribution in [2.24, 2.45) is 0 Å². The van der Waals surface area contributed by atoms with Gasteiger partial charge in [-0.25, -0.2) is 4.98 Å². The number of likely N-dealkylation sites (tertiary alicyclic amines) is 1. The maximum atomic E-state index is 12.4. The Morgan fingerprint density at radius 1 is 1.47 bits per heavy atom. The van der Waals surface area contributed by atoms with E-state index >= 15 is 0 Å². The van der Waals surface area contributed by atoms with Crippen LogP contribution in [0.15, 0.2) is 3.79 Å². The summed E-state index contributed by atoms with van der Waals surface area (Å²) < 4.78 is 37.4. The zero-order valence-corrected chi connectivity index (χ0v) is 10.2. The lowest BCUT2D eigenvalue weighted by molar-refractivity contribution is -0.141. The summed E-state index contributed by atoms with van der Waals surface area (Å²) in [5.74, 6) is 0.160. The Kier molecular flexibility index (Phi) is 2.81. The number of thiazole rings is 1. The van der Waals surface area contributed by atoms with Crippen LogP contribution in [0.4, 0.5) is 13.2 Å². The fourth-order valence-electron chi connectivity index (χ4n) is 1.52. The molecule has 0 aliphatic carbocycles. The average molecular weight is 301 g/mol. The van der Waals surface area contributed by atoms with Crippen LogP contribution in [-0.4, -0.2) is 30.0 Å². The molecule has 0 atom stereocenters. The van der Waals surface area contributed by atoms with Gasteiger partial charge < -0.3 is 4.90 Å². The van der Waals surface area contributed by atoms with Gasteiger partial charge in [-0.3, -0.25) is 0 Å². The van der Waals surface area contributed by atoms with Gasteiger partial charge in [-0.15, -0.1) is 11.3 Å². The Balaban J connectivity index is 2.22. The number of hydrogen-bond donors (Lipinski definition) is 0. The third-order valence-electron chi connectivity index (χ3n) is 2.28. The first-order valence-corrected chi connectivity index (χ1v) is 5.91. The van der Waals surface area contributed by atoms with Crippen LogP contribution in [0.2, 0.25) is 0 Å². The van der Waals surface area contributed by atoms with Crippen molar-refractivity contribution in [2.75, 3.05) is 20.1 Å². The Bertz CT molecular complexity index is 370. The van der Waals surface area contributed by atoms with Crippen molar-refractivity contribution in [1.29, 1.82) is 0 Å². The lowest BCUT2D eigenvalue weighted by Gasteiger charge is -2.34. The molecule has 0 spiro atoms. The minimum absolute atomic E-state index is 0.0829. The summed E-state index contributed by atoms with van der Waals surface area (Å²) in [6.45, 7) is 1.58. The molecule has 0 amide bonds. The smallest absolute Gasteiger partial charge is 0.305 e. The predicted molar refractivity (Wildman–Crippen MR) is 55.1 cm³/mol. The minimum atomic E-state index is -4.36. The van der Waals surface area contributed by atoms with Crippen molar-refractivity contribution >= 4 is 27.3 Å². The highest BCUT2D eigenvalue weighted by Gasteiger charge is 2.39. The molecule has 1 saturated heterocycles. The molecule has 1 aliphatic heterocycles. The van der Waals surface area contributed by atoms with Crippen LogP contribution in [0.25, 0.3) is 0 Å². The van der Waals surface area contributed by atoms with Gasteiger partial charge in [-0.2, -0.15) is 13.2 Å². The average Bonchev–Trinajstić information content (AvgIpc) is 2.40. The highest BCUT2D eigenvalue weighted by molar-refractivity contribution is 9.11. The van der Waals surface area contributed by atoms with Gasteiger partial charge in [0.1, 0.15) is 8.79 Å². The highest BCUT2D eigenvalue weighted by Crippen LogP contribution is 2.40. The first-order valence-electron chi connectivity index (χ1n) is 4.30. The molecule has 0 unspecified atom stereocenters. The van der Waals surface area contributed by atoms with E-state index in [9.17, 15) is 13.2 Å². The summed E-state index contributed by atoms with van der Waals surface area (Å²) in [7, 11) is 1.93. The van der Waals surface area contributed by atoms with Crippen LogP contribution in [0.3, 0.4) is 0 Å². The summed E-state index contributed by atoms with van der Waals surface area (Å²) in [5.41, 5.74) is -0.794. The van der Waals surface area contributed by atoms with Gasteiger partial charge in [-0.1, -0.05) is 0 Å². The molecule has 0 radical (unpaired) electrons. The Labute approximate surface area is 97.2 Å². The number of nitrogens with zero attached hydrogens (tertiary/aromatic N) is 2. The lowest BCUT2D eigenvalue weighted by Crippen LogP contribution is -2.41. The minimum Gasteiger partial charge on any atom is -0.305 e. The summed E-state index contributed by atoms with van der Waals surface area (Å²) in [4.78, 5) is 5.71. The van der Waals surface area contributed by atoms with Crippen molar-refractivity contribution in [3.63, 3.8) is 0 Å². The van der Waals surface area contributed by atoms with Gasteiger partial charge >= 0.3 is 6.18 Å². The van der Waals surface area contributed by atoms with E-state index in [4.69, 9.17) is 0 Å². The summed E-state index contributed by atoms with van der Waals surface area (Å²) in [6, 6.07) is 0. The summed E-state index contributed by atoms with van der Waals surface area (Å²) >= 11 is 4.00. The fraction of sp³-hybridized carbons (Fsp3) is 0.625. The van der Waals surface area contributed by atoms with E-state index in [1.807, 2.05) is 11.9 Å². The Morgan fingerprint density at radius 2 is 2.07 bits per heavy atom. The molecule has 0 bridgehead atoms.